The first kappa shape index (κ1) is 54.2. The van der Waals surface area contributed by atoms with E-state index >= 15 is 0 Å². The highest BCUT2D eigenvalue weighted by molar-refractivity contribution is 5.76. The number of fused-ring (bicyclic) bond motifs is 1. The number of likely N-dealkylation sites (tertiary alicyclic amines) is 1. The maximum Gasteiger partial charge on any atom is 0.151 e. The Morgan fingerprint density at radius 2 is 1.43 bits per heavy atom. The smallest absolute Gasteiger partial charge is 0.151 e. The summed E-state index contributed by atoms with van der Waals surface area (Å²) in [4.78, 5) is 20.6. The maximum atomic E-state index is 13.9. The van der Waals surface area contributed by atoms with Crippen LogP contribution in [-0.2, 0) is 11.2 Å². The Hall–Kier alpha value is -2.27. The molecular weight excluding hydrogens is 581 g/mol. The Labute approximate surface area is 294 Å². The number of Topliss-reactive ketones (excluding diaryl/α,β-unsaturated/α-hetero) is 1. The minimum Gasteiger partial charge on any atom is -0.342 e. The molecule has 5 heteroatoms. The van der Waals surface area contributed by atoms with Crippen molar-refractivity contribution >= 4 is 16.8 Å². The number of hydrogen-bond acceptors (Lipinski definition) is 3. The summed E-state index contributed by atoms with van der Waals surface area (Å²) >= 11 is 0. The number of nitrogens with one attached hydrogen (secondary N) is 1. The molecule has 2 aromatic rings. The van der Waals surface area contributed by atoms with E-state index in [-0.39, 0.29) is 5.82 Å². The number of carbonyl (C=O) groups is 1. The van der Waals surface area contributed by atoms with Crippen LogP contribution in [0.5, 0.6) is 0 Å². The number of halogens is 1. The van der Waals surface area contributed by atoms with Gasteiger partial charge in [-0.05, 0) is 102 Å². The quantitative estimate of drug-likeness (QED) is 0.272. The topological polar surface area (TPSA) is 49.0 Å². The summed E-state index contributed by atoms with van der Waals surface area (Å²) < 4.78 is 13.9. The van der Waals surface area contributed by atoms with E-state index in [1.165, 1.54) is 32.4 Å². The van der Waals surface area contributed by atoms with E-state index in [0.29, 0.717) is 23.3 Å². The number of carbonyl (C=O) groups excluding carboxylic acids is 1. The number of aromatic amines is 1. The van der Waals surface area contributed by atoms with Crippen LogP contribution >= 0.6 is 0 Å². The van der Waals surface area contributed by atoms with Crippen molar-refractivity contribution < 1.29 is 9.18 Å². The van der Waals surface area contributed by atoms with E-state index < -0.39 is 0 Å². The molecule has 47 heavy (non-hydrogen) atoms. The Morgan fingerprint density at radius 1 is 0.936 bits per heavy atom. The van der Waals surface area contributed by atoms with Gasteiger partial charge in [0.15, 0.2) is 5.82 Å². The highest BCUT2D eigenvalue weighted by Crippen LogP contribution is 2.20. The van der Waals surface area contributed by atoms with Crippen LogP contribution in [0.1, 0.15) is 161 Å². The van der Waals surface area contributed by atoms with Crippen molar-refractivity contribution in [2.75, 3.05) is 13.1 Å². The van der Waals surface area contributed by atoms with Crippen LogP contribution in [0.25, 0.3) is 11.0 Å². The number of piperidine rings is 1. The zero-order chi connectivity index (χ0) is 38.0. The molecule has 1 fully saturated rings. The first-order chi connectivity index (χ1) is 22.4. The van der Waals surface area contributed by atoms with Gasteiger partial charge in [-0.1, -0.05) is 109 Å². The predicted molar refractivity (Wildman–Crippen MR) is 214 cm³/mol. The molecule has 0 spiro atoms. The van der Waals surface area contributed by atoms with Crippen LogP contribution in [0.2, 0.25) is 0 Å². The number of rotatable bonds is 9. The fourth-order valence-electron chi connectivity index (χ4n) is 4.15. The highest BCUT2D eigenvalue weighted by Gasteiger charge is 2.18. The average molecular weight is 664 g/mol. The Bertz CT molecular complexity index is 958. The van der Waals surface area contributed by atoms with Crippen LogP contribution in [-0.4, -0.2) is 39.8 Å². The number of imidazole rings is 1. The summed E-state index contributed by atoms with van der Waals surface area (Å²) in [6, 6.07) is 3.96. The number of ketones is 1. The van der Waals surface area contributed by atoms with Crippen molar-refractivity contribution in [3.8, 4) is 0 Å². The SMILES string of the molecule is C=CC.C=CCC(C)C(C)C.CC.CC.CC.CC.CC(=O)CCC(C)C.Cc1cc(F)c2nc(CC(C)N3CCCCC3)[nH]c2c1. The van der Waals surface area contributed by atoms with Gasteiger partial charge in [0.05, 0.1) is 5.52 Å². The van der Waals surface area contributed by atoms with Gasteiger partial charge in [0, 0.05) is 18.9 Å². The molecule has 4 nitrogen and oxygen atoms in total. The molecular formula is C42H82FN3O. The van der Waals surface area contributed by atoms with Gasteiger partial charge in [-0.2, -0.15) is 0 Å². The van der Waals surface area contributed by atoms with E-state index in [4.69, 9.17) is 0 Å². The Morgan fingerprint density at radius 3 is 1.79 bits per heavy atom. The Kier molecular flexibility index (Phi) is 44.0. The van der Waals surface area contributed by atoms with Crippen LogP contribution in [0, 0.1) is 30.5 Å². The first-order valence-electron chi connectivity index (χ1n) is 18.9. The predicted octanol–water partition coefficient (Wildman–Crippen LogP) is 13.6. The minimum absolute atomic E-state index is 0.229. The normalized spacial score (nSPS) is 12.8. The number of aryl methyl sites for hydroxylation is 1. The third-order valence-corrected chi connectivity index (χ3v) is 6.99. The van der Waals surface area contributed by atoms with Gasteiger partial charge in [0.2, 0.25) is 0 Å². The summed E-state index contributed by atoms with van der Waals surface area (Å²) in [6.07, 6.45) is 11.5. The largest absolute Gasteiger partial charge is 0.342 e. The van der Waals surface area contributed by atoms with Crippen LogP contribution in [0.15, 0.2) is 37.4 Å². The standard InChI is InChI=1S/C16H22FN3.C8H16.C7H14O.C3H6.4C2H6/c1-11-8-13(17)16-14(9-11)18-15(19-16)10-12(2)20-6-4-3-5-7-20;1-5-6-8(4)7(2)3;1-6(2)4-5-7(3)8;1-3-2;4*1-2/h8-9,12H,3-7,10H2,1-2H3,(H,18,19);5,7-8H,1,6H2,2-4H3;6H,4-5H2,1-3H3;3H,1H2,2H3;4*1-2H3. The lowest BCUT2D eigenvalue weighted by atomic mass is 9.95. The number of benzene rings is 1. The van der Waals surface area contributed by atoms with E-state index in [1.54, 1.807) is 19.1 Å². The number of hydrogen-bond donors (Lipinski definition) is 1. The molecule has 0 amide bonds. The van der Waals surface area contributed by atoms with Gasteiger partial charge in [0.1, 0.15) is 17.1 Å². The van der Waals surface area contributed by atoms with Crippen molar-refractivity contribution in [3.05, 3.63) is 54.6 Å². The third-order valence-electron chi connectivity index (χ3n) is 6.99. The molecule has 0 saturated carbocycles. The van der Waals surface area contributed by atoms with E-state index in [1.807, 2.05) is 81.4 Å². The second-order valence-electron chi connectivity index (χ2n) is 11.8. The molecule has 0 aliphatic carbocycles. The van der Waals surface area contributed by atoms with Gasteiger partial charge in [-0.15, -0.1) is 13.2 Å². The Balaban J connectivity index is -0.000000183. The first-order valence-corrected chi connectivity index (χ1v) is 18.9. The van der Waals surface area contributed by atoms with Crippen LogP contribution < -0.4 is 0 Å². The molecule has 1 saturated heterocycles. The zero-order valence-corrected chi connectivity index (χ0v) is 34.6. The van der Waals surface area contributed by atoms with Crippen LogP contribution in [0.4, 0.5) is 4.39 Å². The van der Waals surface area contributed by atoms with Gasteiger partial charge in [0.25, 0.3) is 0 Å². The van der Waals surface area contributed by atoms with Crippen molar-refractivity contribution in [2.45, 2.75) is 169 Å². The molecule has 0 radical (unpaired) electrons. The molecule has 278 valence electrons. The fraction of sp³-hybridized carbons (Fsp3) is 0.714. The second-order valence-corrected chi connectivity index (χ2v) is 11.8. The summed E-state index contributed by atoms with van der Waals surface area (Å²) in [5, 5.41) is 0. The summed E-state index contributed by atoms with van der Waals surface area (Å²) in [5.41, 5.74) is 2.20. The lowest BCUT2D eigenvalue weighted by molar-refractivity contribution is -0.117. The molecule has 1 aliphatic heterocycles. The number of nitrogens with zero attached hydrogens (tertiary/aromatic N) is 2. The molecule has 2 atom stereocenters. The van der Waals surface area contributed by atoms with Crippen LogP contribution in [0.3, 0.4) is 0 Å². The highest BCUT2D eigenvalue weighted by atomic mass is 19.1. The molecule has 2 unspecified atom stereocenters. The van der Waals surface area contributed by atoms with Crippen molar-refractivity contribution in [3.63, 3.8) is 0 Å². The van der Waals surface area contributed by atoms with Gasteiger partial charge < -0.3 is 14.7 Å². The molecule has 1 aromatic carbocycles. The lowest BCUT2D eigenvalue weighted by Gasteiger charge is -2.31. The third kappa shape index (κ3) is 30.8. The zero-order valence-electron chi connectivity index (χ0n) is 34.6. The second kappa shape index (κ2) is 38.2. The van der Waals surface area contributed by atoms with Crippen molar-refractivity contribution in [1.29, 1.82) is 0 Å². The van der Waals surface area contributed by atoms with Gasteiger partial charge >= 0.3 is 0 Å². The van der Waals surface area contributed by atoms with E-state index in [0.717, 1.165) is 54.4 Å². The summed E-state index contributed by atoms with van der Waals surface area (Å²) in [7, 11) is 0. The summed E-state index contributed by atoms with van der Waals surface area (Å²) in [6.45, 7) is 44.1. The molecule has 1 aliphatic rings. The number of H-pyrrole nitrogens is 1. The molecule has 2 heterocycles. The van der Waals surface area contributed by atoms with Gasteiger partial charge in [-0.25, -0.2) is 9.37 Å². The lowest BCUT2D eigenvalue weighted by Crippen LogP contribution is -2.38. The average Bonchev–Trinajstić information content (AvgIpc) is 3.48. The molecule has 0 bridgehead atoms. The van der Waals surface area contributed by atoms with Crippen molar-refractivity contribution in [1.82, 2.24) is 14.9 Å². The maximum absolute atomic E-state index is 13.9. The van der Waals surface area contributed by atoms with Crippen molar-refractivity contribution in [2.24, 2.45) is 17.8 Å². The molecule has 1 N–H and O–H groups in total. The minimum atomic E-state index is -0.229. The number of allylic oxidation sites excluding steroid dienone is 2. The van der Waals surface area contributed by atoms with E-state index in [9.17, 15) is 9.18 Å². The van der Waals surface area contributed by atoms with Gasteiger partial charge in [-0.3, -0.25) is 0 Å². The van der Waals surface area contributed by atoms with E-state index in [2.05, 4.69) is 69.6 Å². The molecule has 1 aromatic heterocycles. The summed E-state index contributed by atoms with van der Waals surface area (Å²) in [5.74, 6) is 3.23. The monoisotopic (exact) mass is 664 g/mol. The fourth-order valence-corrected chi connectivity index (χ4v) is 4.15. The number of aromatic nitrogens is 2. The molecule has 3 rings (SSSR count).